The maximum atomic E-state index is 6.15. The zero-order valence-corrected chi connectivity index (χ0v) is 16.8. The molecule has 0 aliphatic carbocycles. The molecule has 0 amide bonds. The molecule has 3 aromatic rings. The van der Waals surface area contributed by atoms with Crippen molar-refractivity contribution in [1.29, 1.82) is 0 Å². The number of aromatic nitrogens is 2. The third-order valence-corrected chi connectivity index (χ3v) is 5.36. The minimum absolute atomic E-state index is 0.0889. The highest BCUT2D eigenvalue weighted by Gasteiger charge is 2.22. The average molecular weight is 420 g/mol. The number of halogens is 2. The van der Waals surface area contributed by atoms with Crippen LogP contribution in [0.5, 0.6) is 11.5 Å². The fourth-order valence-corrected chi connectivity index (χ4v) is 3.47. The van der Waals surface area contributed by atoms with E-state index in [1.165, 1.54) is 6.33 Å². The Morgan fingerprint density at radius 3 is 2.89 bits per heavy atom. The Morgan fingerprint density at radius 2 is 2.07 bits per heavy atom. The van der Waals surface area contributed by atoms with Crippen molar-refractivity contribution in [1.82, 2.24) is 9.97 Å². The van der Waals surface area contributed by atoms with Gasteiger partial charge in [-0.1, -0.05) is 23.2 Å². The van der Waals surface area contributed by atoms with Gasteiger partial charge in [0.1, 0.15) is 19.0 Å². The molecule has 6 nitrogen and oxygen atoms in total. The van der Waals surface area contributed by atoms with Crippen LogP contribution in [0.15, 0.2) is 42.9 Å². The number of methoxy groups -OCH3 is 1. The first-order valence-corrected chi connectivity index (χ1v) is 9.62. The molecule has 0 N–H and O–H groups in total. The molecule has 1 aromatic heterocycles. The molecule has 8 heteroatoms. The minimum atomic E-state index is -0.0889. The third-order valence-electron chi connectivity index (χ3n) is 4.62. The summed E-state index contributed by atoms with van der Waals surface area (Å²) >= 11 is 12.2. The van der Waals surface area contributed by atoms with Gasteiger partial charge in [0.2, 0.25) is 0 Å². The molecule has 1 saturated heterocycles. The maximum absolute atomic E-state index is 6.15. The lowest BCUT2D eigenvalue weighted by Crippen LogP contribution is -2.45. The Kier molecular flexibility index (Phi) is 5.71. The molecule has 1 atom stereocenters. The molecular weight excluding hydrogens is 401 g/mol. The van der Waals surface area contributed by atoms with E-state index in [9.17, 15) is 0 Å². The maximum Gasteiger partial charge on any atom is 0.163 e. The second-order valence-corrected chi connectivity index (χ2v) is 7.25. The van der Waals surface area contributed by atoms with E-state index in [4.69, 9.17) is 37.4 Å². The number of hydrogen-bond acceptors (Lipinski definition) is 6. The predicted molar refractivity (Wildman–Crippen MR) is 110 cm³/mol. The summed E-state index contributed by atoms with van der Waals surface area (Å²) < 4.78 is 17.3. The van der Waals surface area contributed by atoms with E-state index in [1.807, 2.05) is 30.3 Å². The molecule has 1 aliphatic rings. The summed E-state index contributed by atoms with van der Waals surface area (Å²) in [6.45, 7) is 2.47. The molecule has 0 radical (unpaired) electrons. The van der Waals surface area contributed by atoms with Crippen LogP contribution in [-0.4, -0.2) is 49.5 Å². The highest BCUT2D eigenvalue weighted by molar-refractivity contribution is 6.42. The summed E-state index contributed by atoms with van der Waals surface area (Å²) in [5, 5.41) is 1.98. The van der Waals surface area contributed by atoms with Crippen molar-refractivity contribution in [3.05, 3.63) is 52.9 Å². The quantitative estimate of drug-likeness (QED) is 0.616. The summed E-state index contributed by atoms with van der Waals surface area (Å²) in [7, 11) is 1.61. The summed E-state index contributed by atoms with van der Waals surface area (Å²) in [6, 6.07) is 9.37. The lowest BCUT2D eigenvalue weighted by atomic mass is 10.2. The number of ether oxygens (including phenoxy) is 3. The fourth-order valence-electron chi connectivity index (χ4n) is 3.18. The van der Waals surface area contributed by atoms with Gasteiger partial charge in [-0.05, 0) is 24.3 Å². The van der Waals surface area contributed by atoms with Crippen molar-refractivity contribution in [3.63, 3.8) is 0 Å². The van der Waals surface area contributed by atoms with Crippen LogP contribution in [0.4, 0.5) is 5.69 Å². The third kappa shape index (κ3) is 4.09. The Labute approximate surface area is 173 Å². The van der Waals surface area contributed by atoms with Crippen LogP contribution >= 0.6 is 23.2 Å². The van der Waals surface area contributed by atoms with E-state index < -0.39 is 0 Å². The van der Waals surface area contributed by atoms with Gasteiger partial charge in [-0.2, -0.15) is 0 Å². The molecule has 0 spiro atoms. The number of fused-ring (bicyclic) bond motifs is 1. The van der Waals surface area contributed by atoms with Crippen LogP contribution in [0.25, 0.3) is 10.9 Å². The summed E-state index contributed by atoms with van der Waals surface area (Å²) in [4.78, 5) is 10.5. The zero-order chi connectivity index (χ0) is 19.5. The first-order valence-electron chi connectivity index (χ1n) is 8.86. The van der Waals surface area contributed by atoms with Crippen LogP contribution in [0, 0.1) is 0 Å². The number of anilines is 1. The van der Waals surface area contributed by atoms with E-state index in [0.29, 0.717) is 41.3 Å². The normalized spacial score (nSPS) is 17.0. The molecule has 2 aromatic carbocycles. The SMILES string of the molecule is COc1cc2cncnc2cc1OCC1CN(c2ccc(Cl)c(Cl)c2)CCO1. The second-order valence-electron chi connectivity index (χ2n) is 6.43. The number of rotatable bonds is 5. The first kappa shape index (κ1) is 19.1. The van der Waals surface area contributed by atoms with E-state index in [-0.39, 0.29) is 6.10 Å². The summed E-state index contributed by atoms with van der Waals surface area (Å²) in [5.74, 6) is 1.27. The molecule has 2 heterocycles. The van der Waals surface area contributed by atoms with Gasteiger partial charge in [0.05, 0.1) is 29.3 Å². The van der Waals surface area contributed by atoms with E-state index in [1.54, 1.807) is 13.3 Å². The van der Waals surface area contributed by atoms with Crippen LogP contribution in [0.3, 0.4) is 0 Å². The summed E-state index contributed by atoms with van der Waals surface area (Å²) in [6.07, 6.45) is 3.17. The van der Waals surface area contributed by atoms with Crippen LogP contribution < -0.4 is 14.4 Å². The second kappa shape index (κ2) is 8.39. The molecule has 0 bridgehead atoms. The van der Waals surface area contributed by atoms with Crippen molar-refractivity contribution >= 4 is 39.8 Å². The van der Waals surface area contributed by atoms with Crippen molar-refractivity contribution in [2.75, 3.05) is 38.3 Å². The van der Waals surface area contributed by atoms with Crippen LogP contribution in [0.1, 0.15) is 0 Å². The highest BCUT2D eigenvalue weighted by atomic mass is 35.5. The highest BCUT2D eigenvalue weighted by Crippen LogP contribution is 2.32. The Balaban J connectivity index is 1.46. The van der Waals surface area contributed by atoms with E-state index >= 15 is 0 Å². The van der Waals surface area contributed by atoms with Crippen LogP contribution in [0.2, 0.25) is 10.0 Å². The zero-order valence-electron chi connectivity index (χ0n) is 15.3. The monoisotopic (exact) mass is 419 g/mol. The largest absolute Gasteiger partial charge is 0.493 e. The molecular formula is C20H19Cl2N3O3. The van der Waals surface area contributed by atoms with Crippen LogP contribution in [-0.2, 0) is 4.74 Å². The standard InChI is InChI=1S/C20H19Cl2N3O3/c1-26-19-6-13-9-23-12-24-18(13)8-20(19)28-11-15-10-25(4-5-27-15)14-2-3-16(21)17(22)7-14/h2-3,6-9,12,15H,4-5,10-11H2,1H3. The Morgan fingerprint density at radius 1 is 1.18 bits per heavy atom. The van der Waals surface area contributed by atoms with Gasteiger partial charge >= 0.3 is 0 Å². The van der Waals surface area contributed by atoms with Gasteiger partial charge in [-0.3, -0.25) is 0 Å². The molecule has 1 fully saturated rings. The van der Waals surface area contributed by atoms with Crippen molar-refractivity contribution < 1.29 is 14.2 Å². The van der Waals surface area contributed by atoms with Gasteiger partial charge in [0.25, 0.3) is 0 Å². The molecule has 1 unspecified atom stereocenters. The average Bonchev–Trinajstić information content (AvgIpc) is 2.73. The van der Waals surface area contributed by atoms with Gasteiger partial charge in [-0.25, -0.2) is 9.97 Å². The topological polar surface area (TPSA) is 56.7 Å². The number of nitrogens with zero attached hydrogens (tertiary/aromatic N) is 3. The number of morpholine rings is 1. The first-order chi connectivity index (χ1) is 13.6. The Bertz CT molecular complexity index is 986. The van der Waals surface area contributed by atoms with Gasteiger partial charge < -0.3 is 19.1 Å². The Hall–Kier alpha value is -2.28. The molecule has 4 rings (SSSR count). The minimum Gasteiger partial charge on any atom is -0.493 e. The van der Waals surface area contributed by atoms with Gasteiger partial charge in [0, 0.05) is 36.4 Å². The van der Waals surface area contributed by atoms with E-state index in [2.05, 4.69) is 14.9 Å². The fraction of sp³-hybridized carbons (Fsp3) is 0.300. The lowest BCUT2D eigenvalue weighted by Gasteiger charge is -2.34. The smallest absolute Gasteiger partial charge is 0.163 e. The van der Waals surface area contributed by atoms with Crippen molar-refractivity contribution in [2.45, 2.75) is 6.10 Å². The lowest BCUT2D eigenvalue weighted by molar-refractivity contribution is 0.00978. The van der Waals surface area contributed by atoms with E-state index in [0.717, 1.165) is 23.1 Å². The number of benzene rings is 2. The molecule has 146 valence electrons. The molecule has 28 heavy (non-hydrogen) atoms. The van der Waals surface area contributed by atoms with Gasteiger partial charge in [0.15, 0.2) is 11.5 Å². The molecule has 0 saturated carbocycles. The van der Waals surface area contributed by atoms with Gasteiger partial charge in [-0.15, -0.1) is 0 Å². The van der Waals surface area contributed by atoms with Crippen molar-refractivity contribution in [2.24, 2.45) is 0 Å². The van der Waals surface area contributed by atoms with Crippen molar-refractivity contribution in [3.8, 4) is 11.5 Å². The summed E-state index contributed by atoms with van der Waals surface area (Å²) in [5.41, 5.74) is 1.82. The molecule has 1 aliphatic heterocycles. The number of hydrogen-bond donors (Lipinski definition) is 0. The predicted octanol–water partition coefficient (Wildman–Crippen LogP) is 4.23.